The van der Waals surface area contributed by atoms with E-state index in [0.717, 1.165) is 62.0 Å². The molecule has 1 aromatic rings. The Kier molecular flexibility index (Phi) is 6.57. The Morgan fingerprint density at radius 2 is 1.92 bits per heavy atom. The van der Waals surface area contributed by atoms with Gasteiger partial charge in [-0.2, -0.15) is 0 Å². The Balaban J connectivity index is 1.83. The van der Waals surface area contributed by atoms with E-state index in [1.807, 2.05) is 45.6 Å². The molecule has 1 fully saturated rings. The van der Waals surface area contributed by atoms with Gasteiger partial charge in [0, 0.05) is 38.4 Å². The van der Waals surface area contributed by atoms with Gasteiger partial charge in [-0.3, -0.25) is 9.88 Å². The molecule has 24 heavy (non-hydrogen) atoms. The van der Waals surface area contributed by atoms with Gasteiger partial charge >= 0.3 is 6.03 Å². The summed E-state index contributed by atoms with van der Waals surface area (Å²) in [5.41, 5.74) is 3.72. The zero-order chi connectivity index (χ0) is 17.7. The minimum atomic E-state index is -0.0371. The van der Waals surface area contributed by atoms with E-state index in [-0.39, 0.29) is 12.1 Å². The number of urea groups is 1. The molecule has 134 valence electrons. The summed E-state index contributed by atoms with van der Waals surface area (Å²) in [5, 5.41) is 3.03. The van der Waals surface area contributed by atoms with Crippen molar-refractivity contribution in [1.82, 2.24) is 14.8 Å². The lowest BCUT2D eigenvalue weighted by atomic mass is 10.1. The summed E-state index contributed by atoms with van der Waals surface area (Å²) in [6, 6.07) is 1.96. The van der Waals surface area contributed by atoms with E-state index in [0.29, 0.717) is 0 Å². The molecule has 1 aliphatic rings. The van der Waals surface area contributed by atoms with Crippen molar-refractivity contribution in [3.8, 4) is 0 Å². The highest BCUT2D eigenvalue weighted by Gasteiger charge is 2.22. The molecule has 1 aromatic heterocycles. The van der Waals surface area contributed by atoms with Crippen LogP contribution in [0.2, 0.25) is 0 Å². The number of carbonyl (C=O) groups excluding carboxylic acids is 1. The third-order valence-corrected chi connectivity index (χ3v) is 4.28. The second kappa shape index (κ2) is 8.44. The lowest BCUT2D eigenvalue weighted by Gasteiger charge is -2.34. The summed E-state index contributed by atoms with van der Waals surface area (Å²) >= 11 is 0. The van der Waals surface area contributed by atoms with Crippen LogP contribution < -0.4 is 5.32 Å². The molecule has 0 aromatic carbocycles. The van der Waals surface area contributed by atoms with Crippen LogP contribution in [0.15, 0.2) is 6.07 Å². The molecule has 0 aliphatic carbocycles. The summed E-state index contributed by atoms with van der Waals surface area (Å²) in [4.78, 5) is 21.2. The highest BCUT2D eigenvalue weighted by Crippen LogP contribution is 2.20. The summed E-state index contributed by atoms with van der Waals surface area (Å²) in [7, 11) is 0. The number of amides is 2. The first-order chi connectivity index (χ1) is 11.4. The summed E-state index contributed by atoms with van der Waals surface area (Å²) in [5.74, 6) is 0. The number of rotatable bonds is 5. The van der Waals surface area contributed by atoms with Gasteiger partial charge in [0.2, 0.25) is 0 Å². The average Bonchev–Trinajstić information content (AvgIpc) is 2.51. The molecule has 6 heteroatoms. The number of aromatic nitrogens is 1. The van der Waals surface area contributed by atoms with Gasteiger partial charge in [-0.1, -0.05) is 0 Å². The zero-order valence-corrected chi connectivity index (χ0v) is 15.6. The molecule has 1 aliphatic heterocycles. The number of hydrogen-bond donors (Lipinski definition) is 1. The zero-order valence-electron chi connectivity index (χ0n) is 15.6. The van der Waals surface area contributed by atoms with Crippen LogP contribution in [0.5, 0.6) is 0 Å². The molecular weight excluding hydrogens is 304 g/mol. The minimum Gasteiger partial charge on any atom is -0.377 e. The van der Waals surface area contributed by atoms with Crippen molar-refractivity contribution in [3.05, 3.63) is 23.0 Å². The Morgan fingerprint density at radius 3 is 2.50 bits per heavy atom. The van der Waals surface area contributed by atoms with Gasteiger partial charge in [0.15, 0.2) is 0 Å². The van der Waals surface area contributed by atoms with Crippen LogP contribution in [0.25, 0.3) is 0 Å². The van der Waals surface area contributed by atoms with Gasteiger partial charge in [-0.15, -0.1) is 0 Å². The molecule has 2 amide bonds. The van der Waals surface area contributed by atoms with Gasteiger partial charge in [0.25, 0.3) is 0 Å². The average molecular weight is 334 g/mol. The van der Waals surface area contributed by atoms with E-state index in [1.54, 1.807) is 0 Å². The SMILES string of the molecule is Cc1cc(C)c(NC(=O)N2CCN(CCOC(C)C)CC2)c(C)n1. The predicted octanol–water partition coefficient (Wildman–Crippen LogP) is 2.58. The van der Waals surface area contributed by atoms with E-state index in [9.17, 15) is 4.79 Å². The molecule has 2 heterocycles. The molecule has 1 N–H and O–H groups in total. The van der Waals surface area contributed by atoms with Crippen LogP contribution >= 0.6 is 0 Å². The van der Waals surface area contributed by atoms with Crippen molar-refractivity contribution in [2.24, 2.45) is 0 Å². The summed E-state index contributed by atoms with van der Waals surface area (Å²) in [6.45, 7) is 14.9. The molecule has 0 bridgehead atoms. The Hall–Kier alpha value is -1.66. The fourth-order valence-electron chi connectivity index (χ4n) is 2.99. The largest absolute Gasteiger partial charge is 0.377 e. The Bertz CT molecular complexity index is 543. The maximum Gasteiger partial charge on any atom is 0.321 e. The van der Waals surface area contributed by atoms with Gasteiger partial charge in [0.05, 0.1) is 24.1 Å². The fraction of sp³-hybridized carbons (Fsp3) is 0.667. The van der Waals surface area contributed by atoms with Crippen molar-refractivity contribution < 1.29 is 9.53 Å². The second-order valence-electron chi connectivity index (χ2n) is 6.72. The number of anilines is 1. The highest BCUT2D eigenvalue weighted by atomic mass is 16.5. The lowest BCUT2D eigenvalue weighted by Crippen LogP contribution is -2.50. The van der Waals surface area contributed by atoms with Gasteiger partial charge in [-0.05, 0) is 46.2 Å². The molecular formula is C18H30N4O2. The highest BCUT2D eigenvalue weighted by molar-refractivity contribution is 5.90. The fourth-order valence-corrected chi connectivity index (χ4v) is 2.99. The molecule has 6 nitrogen and oxygen atoms in total. The number of carbonyl (C=O) groups is 1. The molecule has 0 unspecified atom stereocenters. The van der Waals surface area contributed by atoms with E-state index in [1.165, 1.54) is 0 Å². The molecule has 0 spiro atoms. The van der Waals surface area contributed by atoms with Crippen molar-refractivity contribution in [2.75, 3.05) is 44.6 Å². The Labute approximate surface area is 145 Å². The van der Waals surface area contributed by atoms with E-state index in [2.05, 4.69) is 15.2 Å². The maximum atomic E-state index is 12.5. The number of nitrogens with one attached hydrogen (secondary N) is 1. The number of ether oxygens (including phenoxy) is 1. The lowest BCUT2D eigenvalue weighted by molar-refractivity contribution is 0.0493. The molecule has 0 radical (unpaired) electrons. The number of piperazine rings is 1. The van der Waals surface area contributed by atoms with Crippen LogP contribution in [0.1, 0.15) is 30.8 Å². The van der Waals surface area contributed by atoms with Crippen LogP contribution in [-0.4, -0.2) is 66.2 Å². The van der Waals surface area contributed by atoms with Gasteiger partial charge in [0.1, 0.15) is 0 Å². The van der Waals surface area contributed by atoms with Gasteiger partial charge in [-0.25, -0.2) is 4.79 Å². The van der Waals surface area contributed by atoms with Crippen LogP contribution in [0.4, 0.5) is 10.5 Å². The maximum absolute atomic E-state index is 12.5. The van der Waals surface area contributed by atoms with E-state index < -0.39 is 0 Å². The van der Waals surface area contributed by atoms with Crippen LogP contribution in [0, 0.1) is 20.8 Å². The normalized spacial score (nSPS) is 15.8. The molecule has 0 atom stereocenters. The third kappa shape index (κ3) is 5.18. The molecule has 1 saturated heterocycles. The third-order valence-electron chi connectivity index (χ3n) is 4.28. The minimum absolute atomic E-state index is 0.0371. The smallest absolute Gasteiger partial charge is 0.321 e. The number of aryl methyl sites for hydroxylation is 3. The van der Waals surface area contributed by atoms with Crippen molar-refractivity contribution in [2.45, 2.75) is 40.7 Å². The quantitative estimate of drug-likeness (QED) is 0.899. The van der Waals surface area contributed by atoms with Crippen molar-refractivity contribution >= 4 is 11.7 Å². The predicted molar refractivity (Wildman–Crippen MR) is 96.6 cm³/mol. The van der Waals surface area contributed by atoms with Gasteiger partial charge < -0.3 is 15.0 Å². The first kappa shape index (κ1) is 18.7. The van der Waals surface area contributed by atoms with E-state index in [4.69, 9.17) is 4.74 Å². The first-order valence-corrected chi connectivity index (χ1v) is 8.71. The monoisotopic (exact) mass is 334 g/mol. The number of nitrogens with zero attached hydrogens (tertiary/aromatic N) is 3. The first-order valence-electron chi connectivity index (χ1n) is 8.71. The second-order valence-corrected chi connectivity index (χ2v) is 6.72. The van der Waals surface area contributed by atoms with Crippen molar-refractivity contribution in [1.29, 1.82) is 0 Å². The van der Waals surface area contributed by atoms with E-state index >= 15 is 0 Å². The number of pyridine rings is 1. The van der Waals surface area contributed by atoms with Crippen molar-refractivity contribution in [3.63, 3.8) is 0 Å². The standard InChI is InChI=1S/C18H30N4O2/c1-13(2)24-11-10-21-6-8-22(9-7-21)18(23)20-17-14(3)12-15(4)19-16(17)5/h12-13H,6-11H2,1-5H3,(H,20,23). The van der Waals surface area contributed by atoms with Crippen LogP contribution in [0.3, 0.4) is 0 Å². The van der Waals surface area contributed by atoms with Crippen LogP contribution in [-0.2, 0) is 4.74 Å². The summed E-state index contributed by atoms with van der Waals surface area (Å²) < 4.78 is 5.59. The summed E-state index contributed by atoms with van der Waals surface area (Å²) in [6.07, 6.45) is 0.270. The molecule has 2 rings (SSSR count). The Morgan fingerprint density at radius 1 is 1.25 bits per heavy atom. The topological polar surface area (TPSA) is 57.7 Å². The molecule has 0 saturated carbocycles. The number of hydrogen-bond acceptors (Lipinski definition) is 4.